The molecule has 3 aromatic heterocycles. The third kappa shape index (κ3) is 9.68. The molecule has 0 saturated heterocycles. The molecule has 0 bridgehead atoms. The molecule has 0 unspecified atom stereocenters. The number of halogens is 4. The van der Waals surface area contributed by atoms with E-state index in [-0.39, 0.29) is 51.7 Å². The number of hydrogen-bond acceptors (Lipinski definition) is 10. The summed E-state index contributed by atoms with van der Waals surface area (Å²) < 4.78 is 50.8. The molecule has 0 spiro atoms. The minimum atomic E-state index is -4.84. The van der Waals surface area contributed by atoms with Crippen molar-refractivity contribution in [3.8, 4) is 22.7 Å². The Hall–Kier alpha value is -6.04. The molecule has 54 heavy (non-hydrogen) atoms. The number of rotatable bonds is 11. The predicted molar refractivity (Wildman–Crippen MR) is 196 cm³/mol. The Kier molecular flexibility index (Phi) is 12.1. The van der Waals surface area contributed by atoms with E-state index in [4.69, 9.17) is 38.0 Å². The molecule has 0 fully saturated rings. The van der Waals surface area contributed by atoms with Gasteiger partial charge in [0.05, 0.1) is 16.9 Å². The molecule has 0 radical (unpaired) electrons. The molecule has 0 aliphatic carbocycles. The van der Waals surface area contributed by atoms with Gasteiger partial charge < -0.3 is 31.7 Å². The van der Waals surface area contributed by atoms with Crippen LogP contribution in [0.3, 0.4) is 0 Å². The standard InChI is InChI=1S/C27H22ClF3N6O3S.C9H9NO3/c1-13-8-9-37(36-13)20-11-16(28)6-7-17(20)23(27(29,30)31)40-24-22-21(34-26(33)35-24)18(12-41-22)15-4-2-14(3-5-15)10-19(32)25(38)39;11-8(12)6-10-9(13)7-4-2-1-3-5-7/h2-9,11-12,19,23H,10,32H2,1H3,(H,38,39)(H2,33,34,35);1-5H,6H2,(H,10,13)(H,11,12)/t19-,23+;/m0./s1. The summed E-state index contributed by atoms with van der Waals surface area (Å²) in [5, 5.41) is 25.8. The molecule has 1 amide bonds. The van der Waals surface area contributed by atoms with Crippen LogP contribution < -0.4 is 21.5 Å². The fourth-order valence-electron chi connectivity index (χ4n) is 5.11. The Morgan fingerprint density at radius 1 is 1.02 bits per heavy atom. The Morgan fingerprint density at radius 3 is 2.33 bits per heavy atom. The van der Waals surface area contributed by atoms with Gasteiger partial charge >= 0.3 is 18.1 Å². The van der Waals surface area contributed by atoms with E-state index in [1.165, 1.54) is 29.1 Å². The van der Waals surface area contributed by atoms with Crippen LogP contribution in [0.15, 0.2) is 90.4 Å². The van der Waals surface area contributed by atoms with Crippen molar-refractivity contribution in [1.29, 1.82) is 0 Å². The molecule has 0 saturated carbocycles. The summed E-state index contributed by atoms with van der Waals surface area (Å²) in [6.45, 7) is 1.36. The largest absolute Gasteiger partial charge is 0.480 e. The van der Waals surface area contributed by atoms with Crippen molar-refractivity contribution in [2.45, 2.75) is 31.7 Å². The van der Waals surface area contributed by atoms with E-state index >= 15 is 0 Å². The van der Waals surface area contributed by atoms with Crippen molar-refractivity contribution in [3.63, 3.8) is 0 Å². The average molecular weight is 782 g/mol. The van der Waals surface area contributed by atoms with Crippen molar-refractivity contribution in [2.75, 3.05) is 12.3 Å². The first kappa shape index (κ1) is 39.2. The number of carbonyl (C=O) groups is 3. The molecular formula is C36H31ClF3N7O6S. The second kappa shape index (κ2) is 16.7. The number of carboxylic acid groups (broad SMARTS) is 2. The summed E-state index contributed by atoms with van der Waals surface area (Å²) in [6.07, 6.45) is -5.61. The van der Waals surface area contributed by atoms with Crippen LogP contribution in [0.25, 0.3) is 27.0 Å². The summed E-state index contributed by atoms with van der Waals surface area (Å²) in [5.74, 6) is -3.13. The summed E-state index contributed by atoms with van der Waals surface area (Å²) in [5.41, 5.74) is 14.8. The minimum Gasteiger partial charge on any atom is -0.480 e. The number of hydrogen-bond donors (Lipinski definition) is 5. The van der Waals surface area contributed by atoms with Gasteiger partial charge in [0.15, 0.2) is 0 Å². The monoisotopic (exact) mass is 781 g/mol. The molecule has 0 aliphatic heterocycles. The normalized spacial score (nSPS) is 12.3. The van der Waals surface area contributed by atoms with E-state index in [9.17, 15) is 27.6 Å². The Labute approximate surface area is 314 Å². The van der Waals surface area contributed by atoms with Gasteiger partial charge in [0.1, 0.15) is 17.3 Å². The number of thiophene rings is 1. The molecule has 0 aliphatic rings. The molecule has 18 heteroatoms. The quantitative estimate of drug-likeness (QED) is 0.0996. The molecule has 3 aromatic carbocycles. The van der Waals surface area contributed by atoms with Gasteiger partial charge in [-0.05, 0) is 54.8 Å². The highest BCUT2D eigenvalue weighted by Gasteiger charge is 2.45. The van der Waals surface area contributed by atoms with Crippen LogP contribution in [0, 0.1) is 6.92 Å². The van der Waals surface area contributed by atoms with Gasteiger partial charge in [-0.3, -0.25) is 14.4 Å². The Bertz CT molecular complexity index is 2280. The van der Waals surface area contributed by atoms with E-state index in [1.54, 1.807) is 73.0 Å². The smallest absolute Gasteiger partial charge is 0.429 e. The Morgan fingerprint density at radius 2 is 1.72 bits per heavy atom. The van der Waals surface area contributed by atoms with Gasteiger partial charge in [0.25, 0.3) is 5.91 Å². The summed E-state index contributed by atoms with van der Waals surface area (Å²) in [4.78, 5) is 40.6. The zero-order valence-corrected chi connectivity index (χ0v) is 29.7. The molecule has 6 rings (SSSR count). The Balaban J connectivity index is 0.000000365. The fraction of sp³-hybridized carbons (Fsp3) is 0.167. The highest BCUT2D eigenvalue weighted by atomic mass is 35.5. The van der Waals surface area contributed by atoms with E-state index in [0.29, 0.717) is 33.5 Å². The lowest BCUT2D eigenvalue weighted by atomic mass is 10.0. The summed E-state index contributed by atoms with van der Waals surface area (Å²) in [6, 6.07) is 20.0. The molecule has 3 heterocycles. The zero-order valence-electron chi connectivity index (χ0n) is 28.1. The van der Waals surface area contributed by atoms with Crippen molar-refractivity contribution in [1.82, 2.24) is 25.1 Å². The maximum Gasteiger partial charge on any atom is 0.429 e. The number of nitrogens with one attached hydrogen (secondary N) is 1. The first-order chi connectivity index (χ1) is 25.6. The number of anilines is 1. The number of ether oxygens (including phenoxy) is 1. The third-order valence-electron chi connectivity index (χ3n) is 7.65. The molecule has 6 aromatic rings. The van der Waals surface area contributed by atoms with Gasteiger partial charge in [-0.2, -0.15) is 23.3 Å². The molecular weight excluding hydrogens is 751 g/mol. The molecule has 280 valence electrons. The second-order valence-corrected chi connectivity index (χ2v) is 13.0. The van der Waals surface area contributed by atoms with Gasteiger partial charge in [0, 0.05) is 33.3 Å². The SMILES string of the molecule is Cc1ccn(-c2cc(Cl)ccc2[C@@H](Oc2nc(N)nc3c(-c4ccc(C[C@H](N)C(=O)O)cc4)csc23)C(F)(F)F)n1.O=C(O)CNC(=O)c1ccccc1. The van der Waals surface area contributed by atoms with Crippen LogP contribution in [0.4, 0.5) is 19.1 Å². The van der Waals surface area contributed by atoms with Gasteiger partial charge in [-0.15, -0.1) is 11.3 Å². The highest BCUT2D eigenvalue weighted by Crippen LogP contribution is 2.43. The fourth-order valence-corrected chi connectivity index (χ4v) is 6.22. The zero-order chi connectivity index (χ0) is 39.2. The number of carbonyl (C=O) groups excluding carboxylic acids is 1. The lowest BCUT2D eigenvalue weighted by Crippen LogP contribution is -2.32. The minimum absolute atomic E-state index is 0.0979. The molecule has 7 N–H and O–H groups in total. The number of carboxylic acids is 2. The highest BCUT2D eigenvalue weighted by molar-refractivity contribution is 7.18. The van der Waals surface area contributed by atoms with Gasteiger partial charge in [-0.25, -0.2) is 9.67 Å². The number of aliphatic carboxylic acids is 2. The van der Waals surface area contributed by atoms with Gasteiger partial charge in [-0.1, -0.05) is 60.1 Å². The van der Waals surface area contributed by atoms with Crippen molar-refractivity contribution in [3.05, 3.63) is 118 Å². The number of aromatic nitrogens is 4. The number of aryl methyl sites for hydroxylation is 1. The second-order valence-electron chi connectivity index (χ2n) is 11.6. The van der Waals surface area contributed by atoms with E-state index in [2.05, 4.69) is 20.4 Å². The number of alkyl halides is 3. The van der Waals surface area contributed by atoms with Crippen LogP contribution in [0.5, 0.6) is 5.88 Å². The van der Waals surface area contributed by atoms with Crippen LogP contribution in [0.2, 0.25) is 5.02 Å². The van der Waals surface area contributed by atoms with Gasteiger partial charge in [0.2, 0.25) is 17.9 Å². The van der Waals surface area contributed by atoms with Crippen LogP contribution in [-0.2, 0) is 16.0 Å². The van der Waals surface area contributed by atoms with E-state index in [0.717, 1.165) is 11.3 Å². The predicted octanol–water partition coefficient (Wildman–Crippen LogP) is 6.23. The third-order valence-corrected chi connectivity index (χ3v) is 8.84. The number of amides is 1. The average Bonchev–Trinajstić information content (AvgIpc) is 3.76. The van der Waals surface area contributed by atoms with Crippen LogP contribution in [0.1, 0.15) is 33.3 Å². The summed E-state index contributed by atoms with van der Waals surface area (Å²) >= 11 is 7.24. The number of fused-ring (bicyclic) bond motifs is 1. The van der Waals surface area contributed by atoms with E-state index < -0.39 is 30.3 Å². The number of nitrogens with two attached hydrogens (primary N) is 2. The van der Waals surface area contributed by atoms with Crippen molar-refractivity contribution >= 4 is 56.9 Å². The lowest BCUT2D eigenvalue weighted by Gasteiger charge is -2.24. The van der Waals surface area contributed by atoms with E-state index in [1.807, 2.05) is 0 Å². The molecule has 2 atom stereocenters. The number of benzene rings is 3. The van der Waals surface area contributed by atoms with Crippen molar-refractivity contribution < 1.29 is 42.5 Å². The maximum absolute atomic E-state index is 14.5. The lowest BCUT2D eigenvalue weighted by molar-refractivity contribution is -0.198. The topological polar surface area (TPSA) is 209 Å². The van der Waals surface area contributed by atoms with Crippen LogP contribution >= 0.6 is 22.9 Å². The molecule has 13 nitrogen and oxygen atoms in total. The number of nitrogens with zero attached hydrogens (tertiary/aromatic N) is 4. The summed E-state index contributed by atoms with van der Waals surface area (Å²) in [7, 11) is 0. The first-order valence-electron chi connectivity index (χ1n) is 15.8. The first-order valence-corrected chi connectivity index (χ1v) is 17.1. The van der Waals surface area contributed by atoms with Crippen molar-refractivity contribution in [2.24, 2.45) is 5.73 Å². The van der Waals surface area contributed by atoms with Crippen LogP contribution in [-0.4, -0.2) is 66.6 Å². The number of nitrogen functional groups attached to an aromatic ring is 1. The maximum atomic E-state index is 14.5.